The van der Waals surface area contributed by atoms with Crippen LogP contribution in [0.5, 0.6) is 23.0 Å². The number of benzene rings is 3. The lowest BCUT2D eigenvalue weighted by Gasteiger charge is -2.13. The van der Waals surface area contributed by atoms with Gasteiger partial charge in [-0.25, -0.2) is 0 Å². The summed E-state index contributed by atoms with van der Waals surface area (Å²) in [5, 5.41) is 10.3. The van der Waals surface area contributed by atoms with Crippen LogP contribution in [0.25, 0.3) is 17.1 Å². The summed E-state index contributed by atoms with van der Waals surface area (Å²) in [5.41, 5.74) is 2.76. The minimum atomic E-state index is 0.180. The Balaban J connectivity index is 1.53. The molecule has 33 heavy (non-hydrogen) atoms. The first-order chi connectivity index (χ1) is 16.2. The average molecular weight is 482 g/mol. The van der Waals surface area contributed by atoms with E-state index in [1.807, 2.05) is 65.2 Å². The highest BCUT2D eigenvalue weighted by Gasteiger charge is 2.21. The lowest BCUT2D eigenvalue weighted by Crippen LogP contribution is -2.01. The number of rotatable bonds is 7. The molecule has 0 N–H and O–H groups in total. The fourth-order valence-electron chi connectivity index (χ4n) is 3.58. The summed E-state index contributed by atoms with van der Waals surface area (Å²) in [6.07, 6.45) is 0. The zero-order valence-electron chi connectivity index (χ0n) is 17.9. The minimum absolute atomic E-state index is 0.180. The molecule has 0 saturated carbocycles. The van der Waals surface area contributed by atoms with Crippen LogP contribution in [0.2, 0.25) is 5.02 Å². The van der Waals surface area contributed by atoms with Crippen molar-refractivity contribution < 1.29 is 18.9 Å². The number of nitrogens with zero attached hydrogens (tertiary/aromatic N) is 3. The molecule has 0 bridgehead atoms. The Morgan fingerprint density at radius 2 is 1.82 bits per heavy atom. The van der Waals surface area contributed by atoms with Crippen molar-refractivity contribution in [1.29, 1.82) is 0 Å². The van der Waals surface area contributed by atoms with Crippen LogP contribution in [0, 0.1) is 0 Å². The highest BCUT2D eigenvalue weighted by molar-refractivity contribution is 7.98. The van der Waals surface area contributed by atoms with Crippen LogP contribution in [-0.2, 0) is 5.75 Å². The predicted octanol–water partition coefficient (Wildman–Crippen LogP) is 5.63. The summed E-state index contributed by atoms with van der Waals surface area (Å²) in [6.45, 7) is 0.180. The molecule has 0 saturated heterocycles. The van der Waals surface area contributed by atoms with Crippen molar-refractivity contribution in [3.8, 4) is 40.1 Å². The van der Waals surface area contributed by atoms with E-state index in [4.69, 9.17) is 30.5 Å². The molecule has 3 aromatic carbocycles. The van der Waals surface area contributed by atoms with Gasteiger partial charge in [0.1, 0.15) is 11.5 Å². The first-order valence-electron chi connectivity index (χ1n) is 10.1. The Morgan fingerprint density at radius 1 is 1.00 bits per heavy atom. The zero-order valence-corrected chi connectivity index (χ0v) is 19.5. The molecule has 168 valence electrons. The monoisotopic (exact) mass is 481 g/mol. The Labute approximate surface area is 200 Å². The van der Waals surface area contributed by atoms with Gasteiger partial charge in [0, 0.05) is 5.75 Å². The van der Waals surface area contributed by atoms with Crippen molar-refractivity contribution >= 4 is 23.4 Å². The van der Waals surface area contributed by atoms with Gasteiger partial charge in [-0.05, 0) is 54.1 Å². The minimum Gasteiger partial charge on any atom is -0.497 e. The van der Waals surface area contributed by atoms with Crippen molar-refractivity contribution in [3.05, 3.63) is 71.2 Å². The van der Waals surface area contributed by atoms with Gasteiger partial charge in [0.05, 0.1) is 30.5 Å². The Morgan fingerprint density at radius 3 is 2.61 bits per heavy atom. The number of fused-ring (bicyclic) bond motifs is 1. The predicted molar refractivity (Wildman–Crippen MR) is 127 cm³/mol. The van der Waals surface area contributed by atoms with E-state index in [-0.39, 0.29) is 6.79 Å². The van der Waals surface area contributed by atoms with Gasteiger partial charge in [-0.1, -0.05) is 35.5 Å². The number of hydrogen-bond acceptors (Lipinski definition) is 7. The van der Waals surface area contributed by atoms with Crippen molar-refractivity contribution in [1.82, 2.24) is 14.8 Å². The topological polar surface area (TPSA) is 67.6 Å². The average Bonchev–Trinajstić information content (AvgIpc) is 3.50. The molecule has 1 aliphatic heterocycles. The van der Waals surface area contributed by atoms with Crippen LogP contribution in [0.4, 0.5) is 0 Å². The molecule has 0 atom stereocenters. The second-order valence-electron chi connectivity index (χ2n) is 7.14. The molecule has 1 aromatic heterocycles. The summed E-state index contributed by atoms with van der Waals surface area (Å²) < 4.78 is 23.8. The van der Waals surface area contributed by atoms with Crippen LogP contribution in [0.3, 0.4) is 0 Å². The number of ether oxygens (including phenoxy) is 4. The van der Waals surface area contributed by atoms with Crippen molar-refractivity contribution in [2.75, 3.05) is 21.0 Å². The molecule has 1 aliphatic rings. The van der Waals surface area contributed by atoms with Crippen LogP contribution in [0.1, 0.15) is 5.56 Å². The molecule has 0 fully saturated rings. The Kier molecular flexibility index (Phi) is 6.02. The van der Waals surface area contributed by atoms with Crippen molar-refractivity contribution in [3.63, 3.8) is 0 Å². The second-order valence-corrected chi connectivity index (χ2v) is 8.49. The lowest BCUT2D eigenvalue weighted by molar-refractivity contribution is 0.174. The van der Waals surface area contributed by atoms with Gasteiger partial charge in [-0.2, -0.15) is 0 Å². The van der Waals surface area contributed by atoms with Gasteiger partial charge in [-0.3, -0.25) is 4.57 Å². The molecule has 7 nitrogen and oxygen atoms in total. The number of para-hydroxylation sites is 1. The molecule has 0 unspecified atom stereocenters. The maximum absolute atomic E-state index is 6.36. The standard InChI is InChI=1S/C24H20ClN3O4S/c1-29-17-9-7-16(8-10-17)28-23(18-5-3-4-6-20(18)30-2)26-27-24(28)33-13-15-11-19(25)22-21(12-15)31-14-32-22/h3-12H,13-14H2,1-2H3. The summed E-state index contributed by atoms with van der Waals surface area (Å²) >= 11 is 7.91. The maximum Gasteiger partial charge on any atom is 0.231 e. The molecule has 2 heterocycles. The van der Waals surface area contributed by atoms with Gasteiger partial charge in [0.25, 0.3) is 0 Å². The third-order valence-electron chi connectivity index (χ3n) is 5.17. The van der Waals surface area contributed by atoms with Gasteiger partial charge in [0.15, 0.2) is 22.5 Å². The van der Waals surface area contributed by atoms with E-state index in [2.05, 4.69) is 10.2 Å². The van der Waals surface area contributed by atoms with E-state index in [0.29, 0.717) is 28.1 Å². The van der Waals surface area contributed by atoms with Gasteiger partial charge < -0.3 is 18.9 Å². The van der Waals surface area contributed by atoms with Crippen LogP contribution in [0.15, 0.2) is 65.8 Å². The molecule has 9 heteroatoms. The van der Waals surface area contributed by atoms with Crippen LogP contribution in [-0.4, -0.2) is 35.8 Å². The Hall–Kier alpha value is -3.36. The molecule has 0 aliphatic carbocycles. The van der Waals surface area contributed by atoms with E-state index in [9.17, 15) is 0 Å². The third-order valence-corrected chi connectivity index (χ3v) is 6.45. The smallest absolute Gasteiger partial charge is 0.231 e. The molecule has 0 radical (unpaired) electrons. The van der Waals surface area contributed by atoms with Crippen molar-refractivity contribution in [2.45, 2.75) is 10.9 Å². The summed E-state index contributed by atoms with van der Waals surface area (Å²) in [5.74, 6) is 4.04. The van der Waals surface area contributed by atoms with E-state index >= 15 is 0 Å². The number of aromatic nitrogens is 3. The molecule has 5 rings (SSSR count). The number of thioether (sulfide) groups is 1. The number of methoxy groups -OCH3 is 2. The zero-order chi connectivity index (χ0) is 22.8. The second kappa shape index (κ2) is 9.25. The first kappa shape index (κ1) is 21.5. The normalized spacial score (nSPS) is 12.1. The van der Waals surface area contributed by atoms with E-state index < -0.39 is 0 Å². The quantitative estimate of drug-likeness (QED) is 0.317. The first-order valence-corrected chi connectivity index (χ1v) is 11.5. The molecular weight excluding hydrogens is 462 g/mol. The van der Waals surface area contributed by atoms with Gasteiger partial charge in [-0.15, -0.1) is 10.2 Å². The van der Waals surface area contributed by atoms with E-state index in [1.54, 1.807) is 26.0 Å². The van der Waals surface area contributed by atoms with E-state index in [1.165, 1.54) is 0 Å². The summed E-state index contributed by atoms with van der Waals surface area (Å²) in [6, 6.07) is 19.3. The largest absolute Gasteiger partial charge is 0.497 e. The molecular formula is C24H20ClN3O4S. The van der Waals surface area contributed by atoms with Gasteiger partial charge >= 0.3 is 0 Å². The van der Waals surface area contributed by atoms with Crippen LogP contribution >= 0.6 is 23.4 Å². The summed E-state index contributed by atoms with van der Waals surface area (Å²) in [4.78, 5) is 0. The van der Waals surface area contributed by atoms with E-state index in [0.717, 1.165) is 33.5 Å². The SMILES string of the molecule is COc1ccc(-n2c(SCc3cc(Cl)c4c(c3)OCO4)nnc2-c2ccccc2OC)cc1. The fraction of sp³-hybridized carbons (Fsp3) is 0.167. The molecule has 0 amide bonds. The number of halogens is 1. The highest BCUT2D eigenvalue weighted by Crippen LogP contribution is 2.41. The highest BCUT2D eigenvalue weighted by atomic mass is 35.5. The molecule has 0 spiro atoms. The molecule has 4 aromatic rings. The maximum atomic E-state index is 6.36. The number of hydrogen-bond donors (Lipinski definition) is 0. The van der Waals surface area contributed by atoms with Crippen LogP contribution < -0.4 is 18.9 Å². The van der Waals surface area contributed by atoms with Crippen molar-refractivity contribution in [2.24, 2.45) is 0 Å². The third kappa shape index (κ3) is 4.19. The fourth-order valence-corrected chi connectivity index (χ4v) is 4.75. The van der Waals surface area contributed by atoms with Gasteiger partial charge in [0.2, 0.25) is 6.79 Å². The lowest BCUT2D eigenvalue weighted by atomic mass is 10.2. The Bertz CT molecular complexity index is 1290. The summed E-state index contributed by atoms with van der Waals surface area (Å²) in [7, 11) is 3.29.